The van der Waals surface area contributed by atoms with Crippen molar-refractivity contribution in [2.75, 3.05) is 19.6 Å². The van der Waals surface area contributed by atoms with Crippen LogP contribution >= 0.6 is 0 Å². The predicted octanol–water partition coefficient (Wildman–Crippen LogP) is 1.87. The highest BCUT2D eigenvalue weighted by atomic mass is 15.2. The number of aryl methyl sites for hydroxylation is 1. The van der Waals surface area contributed by atoms with E-state index in [1.54, 1.807) is 0 Å². The zero-order valence-corrected chi connectivity index (χ0v) is 11.5. The van der Waals surface area contributed by atoms with Gasteiger partial charge in [0, 0.05) is 37.6 Å². The van der Waals surface area contributed by atoms with Gasteiger partial charge in [-0.2, -0.15) is 0 Å². The normalized spacial score (nSPS) is 18.6. The summed E-state index contributed by atoms with van der Waals surface area (Å²) in [4.78, 5) is 6.68. The molecular formula is C14H26N4. The molecule has 2 rings (SSSR count). The van der Waals surface area contributed by atoms with Crippen LogP contribution in [0.5, 0.6) is 0 Å². The van der Waals surface area contributed by atoms with Crippen molar-refractivity contribution >= 4 is 0 Å². The molecule has 4 heteroatoms. The Morgan fingerprint density at radius 2 is 2.17 bits per heavy atom. The molecule has 0 unspecified atom stereocenters. The van der Waals surface area contributed by atoms with Gasteiger partial charge in [0.1, 0.15) is 0 Å². The van der Waals surface area contributed by atoms with Crippen LogP contribution < -0.4 is 5.73 Å². The predicted molar refractivity (Wildman–Crippen MR) is 74.3 cm³/mol. The van der Waals surface area contributed by atoms with E-state index in [0.29, 0.717) is 5.54 Å². The Kier molecular flexibility index (Phi) is 4.78. The molecule has 0 radical (unpaired) electrons. The Labute approximate surface area is 110 Å². The minimum atomic E-state index is 0.295. The third-order valence-corrected chi connectivity index (χ3v) is 4.37. The summed E-state index contributed by atoms with van der Waals surface area (Å²) in [5.74, 6) is 0. The van der Waals surface area contributed by atoms with Gasteiger partial charge in [-0.1, -0.05) is 19.8 Å². The number of hydrogen-bond donors (Lipinski definition) is 1. The van der Waals surface area contributed by atoms with E-state index in [1.165, 1.54) is 32.1 Å². The van der Waals surface area contributed by atoms with Crippen molar-refractivity contribution in [1.82, 2.24) is 14.5 Å². The van der Waals surface area contributed by atoms with Gasteiger partial charge in [-0.3, -0.25) is 4.90 Å². The maximum absolute atomic E-state index is 6.05. The molecule has 0 aromatic carbocycles. The number of rotatable bonds is 7. The Morgan fingerprint density at radius 3 is 2.72 bits per heavy atom. The molecule has 102 valence electrons. The van der Waals surface area contributed by atoms with E-state index in [0.717, 1.165) is 26.2 Å². The second kappa shape index (κ2) is 6.34. The Hall–Kier alpha value is -0.870. The Balaban J connectivity index is 1.84. The lowest BCUT2D eigenvalue weighted by Gasteiger charge is -2.40. The maximum atomic E-state index is 6.05. The highest BCUT2D eigenvalue weighted by molar-refractivity contribution is 4.95. The molecule has 0 bridgehead atoms. The minimum absolute atomic E-state index is 0.295. The number of aromatic nitrogens is 2. The second-order valence-electron chi connectivity index (χ2n) is 5.37. The molecule has 1 aromatic heterocycles. The molecule has 0 atom stereocenters. The van der Waals surface area contributed by atoms with Crippen LogP contribution in [0.3, 0.4) is 0 Å². The fraction of sp³-hybridized carbons (Fsp3) is 0.786. The lowest BCUT2D eigenvalue weighted by Crippen LogP contribution is -2.52. The van der Waals surface area contributed by atoms with Crippen LogP contribution in [0.15, 0.2) is 18.7 Å². The fourth-order valence-electron chi connectivity index (χ4n) is 3.28. The van der Waals surface area contributed by atoms with Gasteiger partial charge >= 0.3 is 0 Å². The molecule has 0 spiro atoms. The zero-order valence-electron chi connectivity index (χ0n) is 11.5. The van der Waals surface area contributed by atoms with E-state index in [-0.39, 0.29) is 0 Å². The third kappa shape index (κ3) is 2.93. The monoisotopic (exact) mass is 250 g/mol. The summed E-state index contributed by atoms with van der Waals surface area (Å²) in [6.45, 7) is 6.38. The number of nitrogens with two attached hydrogens (primary N) is 1. The standard InChI is InChI=1S/C14H26N4/c1-2-18(14(12-15)6-3-4-7-14)10-5-9-17-11-8-16-13-17/h8,11,13H,2-7,9-10,12,15H2,1H3. The maximum Gasteiger partial charge on any atom is 0.0945 e. The van der Waals surface area contributed by atoms with E-state index >= 15 is 0 Å². The van der Waals surface area contributed by atoms with E-state index in [9.17, 15) is 0 Å². The zero-order chi connectivity index (χ0) is 12.8. The Morgan fingerprint density at radius 1 is 1.39 bits per heavy atom. The average Bonchev–Trinajstić information content (AvgIpc) is 3.06. The van der Waals surface area contributed by atoms with Gasteiger partial charge in [-0.25, -0.2) is 4.98 Å². The molecule has 1 fully saturated rings. The van der Waals surface area contributed by atoms with Gasteiger partial charge in [0.05, 0.1) is 6.33 Å². The van der Waals surface area contributed by atoms with Crippen LogP contribution in [0.1, 0.15) is 39.0 Å². The third-order valence-electron chi connectivity index (χ3n) is 4.37. The molecule has 18 heavy (non-hydrogen) atoms. The summed E-state index contributed by atoms with van der Waals surface area (Å²) >= 11 is 0. The first kappa shape index (κ1) is 13.6. The second-order valence-corrected chi connectivity index (χ2v) is 5.37. The van der Waals surface area contributed by atoms with Crippen molar-refractivity contribution in [3.63, 3.8) is 0 Å². The van der Waals surface area contributed by atoms with Crippen LogP contribution in [-0.2, 0) is 6.54 Å². The van der Waals surface area contributed by atoms with Gasteiger partial charge < -0.3 is 10.3 Å². The average molecular weight is 250 g/mol. The summed E-state index contributed by atoms with van der Waals surface area (Å²) in [6, 6.07) is 0. The molecule has 1 aliphatic rings. The number of hydrogen-bond acceptors (Lipinski definition) is 3. The fourth-order valence-corrected chi connectivity index (χ4v) is 3.28. The molecule has 1 aromatic rings. The quantitative estimate of drug-likeness (QED) is 0.803. The topological polar surface area (TPSA) is 47.1 Å². The van der Waals surface area contributed by atoms with Crippen molar-refractivity contribution in [3.8, 4) is 0 Å². The van der Waals surface area contributed by atoms with Crippen molar-refractivity contribution in [2.45, 2.75) is 51.1 Å². The van der Waals surface area contributed by atoms with Crippen molar-refractivity contribution in [3.05, 3.63) is 18.7 Å². The van der Waals surface area contributed by atoms with Crippen molar-refractivity contribution < 1.29 is 0 Å². The first-order valence-corrected chi connectivity index (χ1v) is 7.21. The number of likely N-dealkylation sites (N-methyl/N-ethyl adjacent to an activating group) is 1. The highest BCUT2D eigenvalue weighted by Crippen LogP contribution is 2.34. The largest absolute Gasteiger partial charge is 0.337 e. The summed E-state index contributed by atoms with van der Waals surface area (Å²) in [6.07, 6.45) is 12.2. The lowest BCUT2D eigenvalue weighted by atomic mass is 9.95. The molecule has 1 aliphatic carbocycles. The molecule has 4 nitrogen and oxygen atoms in total. The minimum Gasteiger partial charge on any atom is -0.337 e. The smallest absolute Gasteiger partial charge is 0.0945 e. The highest BCUT2D eigenvalue weighted by Gasteiger charge is 2.36. The van der Waals surface area contributed by atoms with Crippen molar-refractivity contribution in [2.24, 2.45) is 5.73 Å². The first-order valence-electron chi connectivity index (χ1n) is 7.21. The van der Waals surface area contributed by atoms with Gasteiger partial charge in [-0.05, 0) is 25.8 Å². The van der Waals surface area contributed by atoms with E-state index in [2.05, 4.69) is 21.4 Å². The lowest BCUT2D eigenvalue weighted by molar-refractivity contribution is 0.102. The van der Waals surface area contributed by atoms with Crippen LogP contribution in [0.4, 0.5) is 0 Å². The van der Waals surface area contributed by atoms with Gasteiger partial charge in [-0.15, -0.1) is 0 Å². The SMILES string of the molecule is CCN(CCCn1ccnc1)C1(CN)CCCC1. The molecule has 1 saturated carbocycles. The van der Waals surface area contributed by atoms with E-state index in [1.807, 2.05) is 18.7 Å². The van der Waals surface area contributed by atoms with E-state index in [4.69, 9.17) is 5.73 Å². The van der Waals surface area contributed by atoms with Gasteiger partial charge in [0.25, 0.3) is 0 Å². The molecule has 2 N–H and O–H groups in total. The summed E-state index contributed by atoms with van der Waals surface area (Å²) in [5.41, 5.74) is 6.35. The van der Waals surface area contributed by atoms with Crippen LogP contribution in [0.25, 0.3) is 0 Å². The summed E-state index contributed by atoms with van der Waals surface area (Å²) < 4.78 is 2.15. The molecule has 0 aliphatic heterocycles. The van der Waals surface area contributed by atoms with Crippen LogP contribution in [0, 0.1) is 0 Å². The molecule has 1 heterocycles. The molecular weight excluding hydrogens is 224 g/mol. The summed E-state index contributed by atoms with van der Waals surface area (Å²) in [5, 5.41) is 0. The molecule has 0 amide bonds. The van der Waals surface area contributed by atoms with Crippen LogP contribution in [0.2, 0.25) is 0 Å². The van der Waals surface area contributed by atoms with Gasteiger partial charge in [0.2, 0.25) is 0 Å². The molecule has 0 saturated heterocycles. The van der Waals surface area contributed by atoms with E-state index < -0.39 is 0 Å². The van der Waals surface area contributed by atoms with Crippen molar-refractivity contribution in [1.29, 1.82) is 0 Å². The summed E-state index contributed by atoms with van der Waals surface area (Å²) in [7, 11) is 0. The Bertz CT molecular complexity index is 328. The van der Waals surface area contributed by atoms with Gasteiger partial charge in [0.15, 0.2) is 0 Å². The number of imidazole rings is 1. The first-order chi connectivity index (χ1) is 8.80. The number of nitrogens with zero attached hydrogens (tertiary/aromatic N) is 3. The van der Waals surface area contributed by atoms with Crippen LogP contribution in [-0.4, -0.2) is 39.6 Å².